The van der Waals surface area contributed by atoms with Crippen LogP contribution in [0.15, 0.2) is 35.7 Å². The number of hydrogen-bond donors (Lipinski definition) is 1. The lowest BCUT2D eigenvalue weighted by molar-refractivity contribution is -0.215. The first-order valence-electron chi connectivity index (χ1n) is 8.32. The number of alkyl halides is 3. The molecular formula is C18H18F3N3O2S. The quantitative estimate of drug-likeness (QED) is 0.781. The summed E-state index contributed by atoms with van der Waals surface area (Å²) in [4.78, 5) is 29.4. The molecule has 1 unspecified atom stereocenters. The Balaban J connectivity index is 1.77. The first-order chi connectivity index (χ1) is 12.7. The van der Waals surface area contributed by atoms with E-state index in [1.165, 1.54) is 12.3 Å². The summed E-state index contributed by atoms with van der Waals surface area (Å²) in [5.74, 6) is -1.44. The van der Waals surface area contributed by atoms with Crippen molar-refractivity contribution < 1.29 is 22.8 Å². The summed E-state index contributed by atoms with van der Waals surface area (Å²) in [6, 6.07) is 9.16. The van der Waals surface area contributed by atoms with E-state index < -0.39 is 24.0 Å². The number of nitrogens with zero attached hydrogens (tertiary/aromatic N) is 2. The number of carbonyl (C=O) groups excluding carboxylic acids is 2. The second-order valence-corrected chi connectivity index (χ2v) is 7.43. The molecule has 0 saturated carbocycles. The summed E-state index contributed by atoms with van der Waals surface area (Å²) in [6.45, 7) is 1.40. The molecule has 144 valence electrons. The first-order valence-corrected chi connectivity index (χ1v) is 9.20. The minimum Gasteiger partial charge on any atom is -0.301 e. The van der Waals surface area contributed by atoms with E-state index in [0.717, 1.165) is 16.9 Å². The van der Waals surface area contributed by atoms with Gasteiger partial charge in [0.05, 0.1) is 0 Å². The Kier molecular flexibility index (Phi) is 5.34. The summed E-state index contributed by atoms with van der Waals surface area (Å²) in [5.41, 5.74) is -1.49. The molecule has 1 aromatic carbocycles. The Hall–Kier alpha value is -2.26. The molecule has 9 heteroatoms. The Morgan fingerprint density at radius 2 is 2.00 bits per heavy atom. The molecule has 0 bridgehead atoms. The van der Waals surface area contributed by atoms with Crippen molar-refractivity contribution in [3.05, 3.63) is 47.0 Å². The largest absolute Gasteiger partial charge is 0.404 e. The average molecular weight is 397 g/mol. The fourth-order valence-electron chi connectivity index (χ4n) is 3.12. The van der Waals surface area contributed by atoms with Crippen LogP contribution in [0, 0.1) is 5.41 Å². The van der Waals surface area contributed by atoms with Crippen LogP contribution in [0.2, 0.25) is 0 Å². The maximum absolute atomic E-state index is 13.9. The van der Waals surface area contributed by atoms with Crippen molar-refractivity contribution in [1.29, 1.82) is 0 Å². The highest BCUT2D eigenvalue weighted by atomic mass is 32.1. The first kappa shape index (κ1) is 19.5. The number of aromatic nitrogens is 1. The highest BCUT2D eigenvalue weighted by molar-refractivity contribution is 7.14. The lowest BCUT2D eigenvalue weighted by Crippen LogP contribution is -2.49. The van der Waals surface area contributed by atoms with Crippen LogP contribution in [-0.4, -0.2) is 40.8 Å². The third-order valence-corrected chi connectivity index (χ3v) is 5.42. The molecule has 0 aliphatic carbocycles. The lowest BCUT2D eigenvalue weighted by atomic mass is 9.85. The third-order valence-electron chi connectivity index (χ3n) is 4.66. The fourth-order valence-corrected chi connectivity index (χ4v) is 3.87. The third kappa shape index (κ3) is 4.03. The van der Waals surface area contributed by atoms with E-state index >= 15 is 0 Å². The van der Waals surface area contributed by atoms with Crippen LogP contribution in [0.25, 0.3) is 0 Å². The number of carbonyl (C=O) groups is 2. The van der Waals surface area contributed by atoms with Gasteiger partial charge in [-0.25, -0.2) is 4.98 Å². The highest BCUT2D eigenvalue weighted by Gasteiger charge is 2.63. The molecule has 1 atom stereocenters. The van der Waals surface area contributed by atoms with Gasteiger partial charge in [-0.3, -0.25) is 14.5 Å². The second kappa shape index (κ2) is 7.40. The van der Waals surface area contributed by atoms with Gasteiger partial charge < -0.3 is 5.32 Å². The van der Waals surface area contributed by atoms with Crippen LogP contribution in [0.4, 0.5) is 18.3 Å². The molecule has 1 saturated heterocycles. The molecule has 1 aromatic heterocycles. The van der Waals surface area contributed by atoms with Crippen molar-refractivity contribution in [2.24, 2.45) is 5.41 Å². The van der Waals surface area contributed by atoms with Gasteiger partial charge in [-0.2, -0.15) is 13.2 Å². The fraction of sp³-hybridized carbons (Fsp3) is 0.389. The van der Waals surface area contributed by atoms with Gasteiger partial charge in [-0.15, -0.1) is 11.3 Å². The molecule has 1 aliphatic rings. The number of rotatable bonds is 5. The van der Waals surface area contributed by atoms with Crippen LogP contribution >= 0.6 is 11.3 Å². The van der Waals surface area contributed by atoms with Crippen LogP contribution in [0.5, 0.6) is 0 Å². The normalized spacial score (nSPS) is 20.6. The van der Waals surface area contributed by atoms with E-state index in [2.05, 4.69) is 10.3 Å². The van der Waals surface area contributed by atoms with E-state index in [9.17, 15) is 22.8 Å². The molecule has 1 fully saturated rings. The van der Waals surface area contributed by atoms with E-state index in [-0.39, 0.29) is 29.6 Å². The van der Waals surface area contributed by atoms with Gasteiger partial charge >= 0.3 is 6.18 Å². The molecule has 27 heavy (non-hydrogen) atoms. The Morgan fingerprint density at radius 3 is 2.59 bits per heavy atom. The number of Topliss-reactive ketones (excluding diaryl/α,β-unsaturated/α-hetero) is 1. The predicted octanol–water partition coefficient (Wildman–Crippen LogP) is 3.74. The Bertz CT molecular complexity index is 838. The second-order valence-electron chi connectivity index (χ2n) is 6.57. The van der Waals surface area contributed by atoms with Gasteiger partial charge in [-0.1, -0.05) is 30.3 Å². The summed E-state index contributed by atoms with van der Waals surface area (Å²) in [7, 11) is 0. The number of nitrogens with one attached hydrogen (secondary N) is 1. The van der Waals surface area contributed by atoms with E-state index in [1.807, 2.05) is 30.3 Å². The van der Waals surface area contributed by atoms with Gasteiger partial charge in [-0.05, 0) is 18.5 Å². The van der Waals surface area contributed by atoms with Crippen molar-refractivity contribution in [3.8, 4) is 0 Å². The molecule has 0 spiro atoms. The molecule has 1 N–H and O–H groups in total. The highest BCUT2D eigenvalue weighted by Crippen LogP contribution is 2.46. The zero-order valence-corrected chi connectivity index (χ0v) is 15.4. The standard InChI is InChI=1S/C18H18F3N3O2S/c1-12(25)14-10-27-16(22-14)23-15(26)17(18(19,20)21)7-8-24(11-17)9-13-5-3-2-4-6-13/h2-6,10H,7-9,11H2,1H3,(H,22,23,26). The molecule has 1 aliphatic heterocycles. The average Bonchev–Trinajstić information content (AvgIpc) is 3.23. The topological polar surface area (TPSA) is 62.3 Å². The van der Waals surface area contributed by atoms with Gasteiger partial charge in [0, 0.05) is 25.4 Å². The Labute approximate surface area is 158 Å². The lowest BCUT2D eigenvalue weighted by Gasteiger charge is -2.30. The van der Waals surface area contributed by atoms with Crippen LogP contribution < -0.4 is 5.32 Å². The zero-order valence-electron chi connectivity index (χ0n) is 14.5. The van der Waals surface area contributed by atoms with Gasteiger partial charge in [0.2, 0.25) is 5.91 Å². The number of ketones is 1. The summed E-state index contributed by atoms with van der Waals surface area (Å²) in [6.07, 6.45) is -5.01. The molecule has 2 aromatic rings. The molecule has 1 amide bonds. The number of benzene rings is 1. The number of halogens is 3. The number of likely N-dealkylation sites (tertiary alicyclic amines) is 1. The predicted molar refractivity (Wildman–Crippen MR) is 95.6 cm³/mol. The monoisotopic (exact) mass is 397 g/mol. The van der Waals surface area contributed by atoms with Crippen LogP contribution in [0.3, 0.4) is 0 Å². The zero-order chi connectivity index (χ0) is 19.7. The van der Waals surface area contributed by atoms with E-state index in [0.29, 0.717) is 6.54 Å². The van der Waals surface area contributed by atoms with Gasteiger partial charge in [0.25, 0.3) is 0 Å². The maximum atomic E-state index is 13.9. The van der Waals surface area contributed by atoms with Crippen molar-refractivity contribution in [2.45, 2.75) is 26.1 Å². The molecule has 2 heterocycles. The van der Waals surface area contributed by atoms with Crippen molar-refractivity contribution >= 4 is 28.2 Å². The van der Waals surface area contributed by atoms with E-state index in [4.69, 9.17) is 0 Å². The van der Waals surface area contributed by atoms with Gasteiger partial charge in [0.15, 0.2) is 16.3 Å². The maximum Gasteiger partial charge on any atom is 0.404 e. The molecule has 5 nitrogen and oxygen atoms in total. The molecule has 3 rings (SSSR count). The Morgan fingerprint density at radius 1 is 1.30 bits per heavy atom. The number of amides is 1. The van der Waals surface area contributed by atoms with Crippen molar-refractivity contribution in [3.63, 3.8) is 0 Å². The molecular weight excluding hydrogens is 379 g/mol. The SMILES string of the molecule is CC(=O)c1csc(NC(=O)C2(C(F)(F)F)CCN(Cc3ccccc3)C2)n1. The summed E-state index contributed by atoms with van der Waals surface area (Å²) >= 11 is 0.933. The summed E-state index contributed by atoms with van der Waals surface area (Å²) < 4.78 is 41.6. The molecule has 0 radical (unpaired) electrons. The van der Waals surface area contributed by atoms with E-state index in [1.54, 1.807) is 4.90 Å². The van der Waals surface area contributed by atoms with Crippen molar-refractivity contribution in [2.75, 3.05) is 18.4 Å². The van der Waals surface area contributed by atoms with Gasteiger partial charge in [0.1, 0.15) is 5.69 Å². The smallest absolute Gasteiger partial charge is 0.301 e. The van der Waals surface area contributed by atoms with Crippen LogP contribution in [0.1, 0.15) is 29.4 Å². The number of thiazole rings is 1. The number of hydrogen-bond acceptors (Lipinski definition) is 5. The summed E-state index contributed by atoms with van der Waals surface area (Å²) in [5, 5.41) is 3.67. The van der Waals surface area contributed by atoms with Crippen molar-refractivity contribution in [1.82, 2.24) is 9.88 Å². The number of anilines is 1. The minimum atomic E-state index is -4.69. The van der Waals surface area contributed by atoms with Crippen LogP contribution in [-0.2, 0) is 11.3 Å². The minimum absolute atomic E-state index is 0.00432.